The molecule has 6 heteroatoms. The molecule has 1 atom stereocenters. The van der Waals surface area contributed by atoms with Crippen molar-refractivity contribution in [3.8, 4) is 0 Å². The Hall–Kier alpha value is -0.690. The summed E-state index contributed by atoms with van der Waals surface area (Å²) in [5, 5.41) is 0. The van der Waals surface area contributed by atoms with Gasteiger partial charge in [-0.3, -0.25) is 9.69 Å². The third-order valence-electron chi connectivity index (χ3n) is 3.43. The fourth-order valence-electron chi connectivity index (χ4n) is 2.40. The molecule has 0 unspecified atom stereocenters. The topological polar surface area (TPSA) is 29.5 Å². The summed E-state index contributed by atoms with van der Waals surface area (Å²) in [6.07, 6.45) is 4.08. The van der Waals surface area contributed by atoms with E-state index in [-0.39, 0.29) is 12.0 Å². The second-order valence-corrected chi connectivity index (χ2v) is 7.57. The highest BCUT2D eigenvalue weighted by atomic mass is 79.9. The Kier molecular flexibility index (Phi) is 4.78. The van der Waals surface area contributed by atoms with Gasteiger partial charge in [-0.2, -0.15) is 0 Å². The molecule has 2 fully saturated rings. The Labute approximate surface area is 141 Å². The van der Waals surface area contributed by atoms with Gasteiger partial charge in [-0.25, -0.2) is 0 Å². The lowest BCUT2D eigenvalue weighted by Crippen LogP contribution is -2.35. The first-order chi connectivity index (χ1) is 10.1. The van der Waals surface area contributed by atoms with Crippen molar-refractivity contribution in [3.05, 3.63) is 39.2 Å². The minimum atomic E-state index is -0.0134. The number of carbonyl (C=O) groups is 1. The predicted octanol–water partition coefficient (Wildman–Crippen LogP) is 3.83. The van der Waals surface area contributed by atoms with E-state index >= 15 is 0 Å². The minimum Gasteiger partial charge on any atom is -0.376 e. The molecule has 2 aliphatic heterocycles. The van der Waals surface area contributed by atoms with Crippen LogP contribution in [0, 0.1) is 0 Å². The highest BCUT2D eigenvalue weighted by Crippen LogP contribution is 2.33. The van der Waals surface area contributed by atoms with E-state index in [1.54, 1.807) is 4.90 Å². The van der Waals surface area contributed by atoms with Crippen LogP contribution >= 0.6 is 39.9 Å². The summed E-state index contributed by atoms with van der Waals surface area (Å²) in [6, 6.07) is 7.85. The molecule has 2 saturated heterocycles. The largest absolute Gasteiger partial charge is 0.376 e. The minimum absolute atomic E-state index is 0.0134. The van der Waals surface area contributed by atoms with Crippen molar-refractivity contribution >= 4 is 56.2 Å². The van der Waals surface area contributed by atoms with E-state index in [9.17, 15) is 4.79 Å². The Morgan fingerprint density at radius 3 is 3.10 bits per heavy atom. The normalized spacial score (nSPS) is 24.3. The zero-order valence-corrected chi connectivity index (χ0v) is 14.5. The fraction of sp³-hybridized carbons (Fsp3) is 0.333. The van der Waals surface area contributed by atoms with E-state index < -0.39 is 0 Å². The van der Waals surface area contributed by atoms with Crippen LogP contribution in [0.25, 0.3) is 6.08 Å². The number of benzene rings is 1. The van der Waals surface area contributed by atoms with E-state index in [1.807, 2.05) is 30.3 Å². The molecule has 1 amide bonds. The molecule has 1 aromatic carbocycles. The van der Waals surface area contributed by atoms with E-state index in [4.69, 9.17) is 17.0 Å². The maximum Gasteiger partial charge on any atom is 0.266 e. The first-order valence-electron chi connectivity index (χ1n) is 6.76. The molecule has 110 valence electrons. The molecular weight excluding hydrogens is 370 g/mol. The Morgan fingerprint density at radius 1 is 1.52 bits per heavy atom. The summed E-state index contributed by atoms with van der Waals surface area (Å²) in [5.41, 5.74) is 0.988. The van der Waals surface area contributed by atoms with Gasteiger partial charge >= 0.3 is 0 Å². The number of carbonyl (C=O) groups excluding carboxylic acids is 1. The first-order valence-corrected chi connectivity index (χ1v) is 8.78. The number of ether oxygens (including phenoxy) is 1. The summed E-state index contributed by atoms with van der Waals surface area (Å²) in [7, 11) is 0. The van der Waals surface area contributed by atoms with Crippen molar-refractivity contribution in [2.45, 2.75) is 18.9 Å². The van der Waals surface area contributed by atoms with Crippen LogP contribution in [0.5, 0.6) is 0 Å². The van der Waals surface area contributed by atoms with Crippen molar-refractivity contribution in [1.82, 2.24) is 4.90 Å². The van der Waals surface area contributed by atoms with Crippen LogP contribution in [0.4, 0.5) is 0 Å². The number of thiocarbonyl (C=S) groups is 1. The molecule has 0 saturated carbocycles. The molecule has 2 aliphatic rings. The molecule has 2 heterocycles. The maximum absolute atomic E-state index is 12.5. The second-order valence-electron chi connectivity index (χ2n) is 4.98. The van der Waals surface area contributed by atoms with Gasteiger partial charge in [0.2, 0.25) is 0 Å². The molecule has 0 radical (unpaired) electrons. The Bertz CT molecular complexity index is 611. The van der Waals surface area contributed by atoms with E-state index in [1.165, 1.54) is 11.8 Å². The van der Waals surface area contributed by atoms with Gasteiger partial charge in [0.15, 0.2) is 0 Å². The number of halogens is 1. The first kappa shape index (κ1) is 15.2. The summed E-state index contributed by atoms with van der Waals surface area (Å²) in [5.74, 6) is -0.0134. The third-order valence-corrected chi connectivity index (χ3v) is 5.30. The summed E-state index contributed by atoms with van der Waals surface area (Å²) in [4.78, 5) is 14.8. The molecule has 3 nitrogen and oxygen atoms in total. The number of rotatable bonds is 3. The second kappa shape index (κ2) is 6.60. The number of amides is 1. The molecule has 0 aromatic heterocycles. The van der Waals surface area contributed by atoms with Crippen LogP contribution < -0.4 is 0 Å². The van der Waals surface area contributed by atoms with Gasteiger partial charge < -0.3 is 4.74 Å². The summed E-state index contributed by atoms with van der Waals surface area (Å²) < 4.78 is 7.21. The van der Waals surface area contributed by atoms with Crippen LogP contribution in [0.2, 0.25) is 0 Å². The molecule has 0 bridgehead atoms. The summed E-state index contributed by atoms with van der Waals surface area (Å²) >= 11 is 10.1. The van der Waals surface area contributed by atoms with Crippen molar-refractivity contribution in [2.75, 3.05) is 13.2 Å². The smallest absolute Gasteiger partial charge is 0.266 e. The molecule has 1 aromatic rings. The molecule has 0 spiro atoms. The lowest BCUT2D eigenvalue weighted by Gasteiger charge is -2.18. The van der Waals surface area contributed by atoms with E-state index in [0.717, 1.165) is 29.5 Å². The van der Waals surface area contributed by atoms with Crippen molar-refractivity contribution in [2.24, 2.45) is 0 Å². The lowest BCUT2D eigenvalue weighted by molar-refractivity contribution is -0.123. The third kappa shape index (κ3) is 3.56. The summed E-state index contributed by atoms with van der Waals surface area (Å²) in [6.45, 7) is 1.35. The molecule has 0 aliphatic carbocycles. The van der Waals surface area contributed by atoms with Crippen LogP contribution in [0.1, 0.15) is 18.4 Å². The maximum atomic E-state index is 12.5. The van der Waals surface area contributed by atoms with Gasteiger partial charge in [0.25, 0.3) is 5.91 Å². The lowest BCUT2D eigenvalue weighted by atomic mass is 10.2. The average Bonchev–Trinajstić information content (AvgIpc) is 3.04. The highest BCUT2D eigenvalue weighted by molar-refractivity contribution is 9.10. The predicted molar refractivity (Wildman–Crippen MR) is 93.0 cm³/mol. The molecule has 21 heavy (non-hydrogen) atoms. The monoisotopic (exact) mass is 383 g/mol. The average molecular weight is 384 g/mol. The van der Waals surface area contributed by atoms with Crippen LogP contribution in [-0.4, -0.2) is 34.4 Å². The van der Waals surface area contributed by atoms with E-state index in [0.29, 0.717) is 15.8 Å². The number of thioether (sulfide) groups is 1. The fourth-order valence-corrected chi connectivity index (χ4v) is 4.09. The zero-order chi connectivity index (χ0) is 14.8. The van der Waals surface area contributed by atoms with Gasteiger partial charge in [-0.15, -0.1) is 0 Å². The van der Waals surface area contributed by atoms with Gasteiger partial charge in [0.05, 0.1) is 17.6 Å². The van der Waals surface area contributed by atoms with Gasteiger partial charge in [0.1, 0.15) is 4.32 Å². The van der Waals surface area contributed by atoms with Crippen molar-refractivity contribution in [1.29, 1.82) is 0 Å². The van der Waals surface area contributed by atoms with Gasteiger partial charge in [0, 0.05) is 11.1 Å². The van der Waals surface area contributed by atoms with Gasteiger partial charge in [-0.05, 0) is 36.6 Å². The number of hydrogen-bond donors (Lipinski definition) is 0. The van der Waals surface area contributed by atoms with Gasteiger partial charge in [-0.1, -0.05) is 52.0 Å². The Morgan fingerprint density at radius 2 is 2.38 bits per heavy atom. The Balaban J connectivity index is 1.76. The molecule has 3 rings (SSSR count). The molecular formula is C15H14BrNO2S2. The van der Waals surface area contributed by atoms with Crippen LogP contribution in [-0.2, 0) is 9.53 Å². The highest BCUT2D eigenvalue weighted by Gasteiger charge is 2.34. The quantitative estimate of drug-likeness (QED) is 0.585. The van der Waals surface area contributed by atoms with Crippen LogP contribution in [0.15, 0.2) is 33.6 Å². The molecule has 0 N–H and O–H groups in total. The number of nitrogens with zero attached hydrogens (tertiary/aromatic N) is 1. The van der Waals surface area contributed by atoms with Crippen molar-refractivity contribution in [3.63, 3.8) is 0 Å². The SMILES string of the molecule is O=C1/C(=C\c2cccc(Br)c2)SC(=S)N1C[C@@H]1CCCO1. The van der Waals surface area contributed by atoms with Crippen LogP contribution in [0.3, 0.4) is 0 Å². The van der Waals surface area contributed by atoms with Crippen molar-refractivity contribution < 1.29 is 9.53 Å². The standard InChI is InChI=1S/C15H14BrNO2S2/c16-11-4-1-3-10(7-11)8-13-14(18)17(15(20)21-13)9-12-5-2-6-19-12/h1,3-4,7-8,12H,2,5-6,9H2/b13-8+/t12-/m0/s1. The zero-order valence-electron chi connectivity index (χ0n) is 11.3. The number of hydrogen-bond acceptors (Lipinski definition) is 4. The van der Waals surface area contributed by atoms with E-state index in [2.05, 4.69) is 15.9 Å².